The van der Waals surface area contributed by atoms with Crippen molar-refractivity contribution in [3.8, 4) is 5.75 Å². The summed E-state index contributed by atoms with van der Waals surface area (Å²) >= 11 is 1.30. The number of rotatable bonds is 6. The summed E-state index contributed by atoms with van der Waals surface area (Å²) in [5, 5.41) is 21.3. The van der Waals surface area contributed by atoms with Crippen LogP contribution in [0.15, 0.2) is 29.4 Å². The first-order valence-corrected chi connectivity index (χ1v) is 6.56. The Morgan fingerprint density at radius 2 is 2.26 bits per heavy atom. The molecule has 0 spiro atoms. The quantitative estimate of drug-likeness (QED) is 0.794. The lowest BCUT2D eigenvalue weighted by atomic mass is 10.3. The van der Waals surface area contributed by atoms with E-state index in [0.29, 0.717) is 10.9 Å². The van der Waals surface area contributed by atoms with Crippen LogP contribution >= 0.6 is 11.8 Å². The zero-order valence-corrected chi connectivity index (χ0v) is 11.0. The van der Waals surface area contributed by atoms with Gasteiger partial charge in [0, 0.05) is 12.8 Å². The molecule has 6 nitrogen and oxygen atoms in total. The molecular weight excluding hydrogens is 271 g/mol. The molecule has 102 valence electrons. The Balaban J connectivity index is 1.77. The number of nitrogens with zero attached hydrogens (tertiary/aromatic N) is 4. The first kappa shape index (κ1) is 13.8. The van der Waals surface area contributed by atoms with Gasteiger partial charge in [-0.2, -0.15) is 0 Å². The van der Waals surface area contributed by atoms with Gasteiger partial charge in [0.25, 0.3) is 0 Å². The molecule has 0 amide bonds. The van der Waals surface area contributed by atoms with Crippen LogP contribution in [-0.2, 0) is 7.05 Å². The highest BCUT2D eigenvalue weighted by molar-refractivity contribution is 7.99. The number of ether oxygens (including phenoxy) is 1. The van der Waals surface area contributed by atoms with Crippen molar-refractivity contribution in [1.82, 2.24) is 20.2 Å². The topological polar surface area (TPSA) is 73.1 Å². The highest BCUT2D eigenvalue weighted by Crippen LogP contribution is 2.17. The smallest absolute Gasteiger partial charge is 0.209 e. The molecule has 8 heteroatoms. The predicted molar refractivity (Wildman–Crippen MR) is 67.4 cm³/mol. The molecule has 1 aromatic carbocycles. The second-order valence-electron chi connectivity index (χ2n) is 3.79. The minimum absolute atomic E-state index is 0.0131. The van der Waals surface area contributed by atoms with Gasteiger partial charge in [0.2, 0.25) is 5.16 Å². The minimum Gasteiger partial charge on any atom is -0.488 e. The average molecular weight is 284 g/mol. The second kappa shape index (κ2) is 6.48. The predicted octanol–water partition coefficient (Wildman–Crippen LogP) is 0.881. The average Bonchev–Trinajstić information content (AvgIpc) is 2.81. The van der Waals surface area contributed by atoms with Crippen LogP contribution in [0.1, 0.15) is 0 Å². The summed E-state index contributed by atoms with van der Waals surface area (Å²) in [4.78, 5) is 0. The Labute approximate surface area is 113 Å². The fourth-order valence-electron chi connectivity index (χ4n) is 1.31. The van der Waals surface area contributed by atoms with Crippen LogP contribution in [0.3, 0.4) is 0 Å². The van der Waals surface area contributed by atoms with E-state index >= 15 is 0 Å². The molecule has 0 fully saturated rings. The van der Waals surface area contributed by atoms with Crippen molar-refractivity contribution in [2.45, 2.75) is 11.3 Å². The van der Waals surface area contributed by atoms with Gasteiger partial charge in [-0.1, -0.05) is 23.9 Å². The number of halogens is 1. The molecule has 1 unspecified atom stereocenters. The molecule has 1 N–H and O–H groups in total. The highest BCUT2D eigenvalue weighted by atomic mass is 32.2. The maximum absolute atomic E-state index is 13.3. The lowest BCUT2D eigenvalue weighted by molar-refractivity contribution is 0.123. The van der Waals surface area contributed by atoms with E-state index in [0.717, 1.165) is 0 Å². The van der Waals surface area contributed by atoms with Crippen LogP contribution in [0.4, 0.5) is 4.39 Å². The van der Waals surface area contributed by atoms with Gasteiger partial charge in [0.1, 0.15) is 6.61 Å². The number of aryl methyl sites for hydroxylation is 1. The van der Waals surface area contributed by atoms with Crippen LogP contribution in [0.25, 0.3) is 0 Å². The van der Waals surface area contributed by atoms with E-state index in [2.05, 4.69) is 15.5 Å². The van der Waals surface area contributed by atoms with Crippen LogP contribution in [-0.4, -0.2) is 43.8 Å². The van der Waals surface area contributed by atoms with Gasteiger partial charge >= 0.3 is 0 Å². The molecule has 1 heterocycles. The molecule has 0 saturated carbocycles. The van der Waals surface area contributed by atoms with Crippen molar-refractivity contribution in [3.05, 3.63) is 30.1 Å². The molecule has 0 aliphatic heterocycles. The third-order valence-electron chi connectivity index (χ3n) is 2.25. The minimum atomic E-state index is -0.735. The van der Waals surface area contributed by atoms with Crippen molar-refractivity contribution in [1.29, 1.82) is 0 Å². The van der Waals surface area contributed by atoms with Crippen molar-refractivity contribution < 1.29 is 14.2 Å². The number of hydrogen-bond acceptors (Lipinski definition) is 6. The van der Waals surface area contributed by atoms with Gasteiger partial charge in [-0.15, -0.1) is 5.10 Å². The standard InChI is InChI=1S/C11H13FN4O2S/c1-16-11(13-14-15-16)19-7-8(17)6-18-10-5-3-2-4-9(10)12/h2-5,8,17H,6-7H2,1H3. The maximum Gasteiger partial charge on any atom is 0.209 e. The lowest BCUT2D eigenvalue weighted by Crippen LogP contribution is -2.20. The van der Waals surface area contributed by atoms with Crippen molar-refractivity contribution in [2.75, 3.05) is 12.4 Å². The van der Waals surface area contributed by atoms with E-state index < -0.39 is 11.9 Å². The van der Waals surface area contributed by atoms with Gasteiger partial charge < -0.3 is 9.84 Å². The van der Waals surface area contributed by atoms with E-state index in [4.69, 9.17) is 4.74 Å². The van der Waals surface area contributed by atoms with Gasteiger partial charge in [-0.05, 0) is 22.6 Å². The van der Waals surface area contributed by atoms with Crippen LogP contribution in [0.5, 0.6) is 5.75 Å². The number of aromatic nitrogens is 4. The number of aliphatic hydroxyl groups is 1. The Kier molecular flexibility index (Phi) is 4.69. The maximum atomic E-state index is 13.3. The fourth-order valence-corrected chi connectivity index (χ4v) is 2.07. The number of thioether (sulfide) groups is 1. The Hall–Kier alpha value is -1.67. The van der Waals surface area contributed by atoms with Gasteiger partial charge in [-0.25, -0.2) is 9.07 Å². The Morgan fingerprint density at radius 1 is 1.47 bits per heavy atom. The van der Waals surface area contributed by atoms with E-state index in [9.17, 15) is 9.50 Å². The number of para-hydroxylation sites is 1. The molecule has 1 atom stereocenters. The summed E-state index contributed by atoms with van der Waals surface area (Å²) in [6.07, 6.45) is -0.735. The Morgan fingerprint density at radius 3 is 2.95 bits per heavy atom. The fraction of sp³-hybridized carbons (Fsp3) is 0.364. The zero-order valence-electron chi connectivity index (χ0n) is 10.2. The van der Waals surface area contributed by atoms with Crippen molar-refractivity contribution in [3.63, 3.8) is 0 Å². The molecule has 2 aromatic rings. The van der Waals surface area contributed by atoms with Crippen LogP contribution < -0.4 is 4.74 Å². The number of benzene rings is 1. The highest BCUT2D eigenvalue weighted by Gasteiger charge is 2.11. The molecule has 0 bridgehead atoms. The third-order valence-corrected chi connectivity index (χ3v) is 3.41. The first-order chi connectivity index (χ1) is 9.16. The molecule has 0 aliphatic rings. The largest absolute Gasteiger partial charge is 0.488 e. The second-order valence-corrected chi connectivity index (χ2v) is 4.78. The Bertz CT molecular complexity index is 537. The summed E-state index contributed by atoms with van der Waals surface area (Å²) < 4.78 is 20.0. The third kappa shape index (κ3) is 3.90. The molecule has 1 aromatic heterocycles. The summed E-state index contributed by atoms with van der Waals surface area (Å²) in [5.41, 5.74) is 0. The first-order valence-electron chi connectivity index (χ1n) is 5.57. The number of hydrogen-bond donors (Lipinski definition) is 1. The molecule has 0 aliphatic carbocycles. The van der Waals surface area contributed by atoms with Gasteiger partial charge in [0.05, 0.1) is 6.10 Å². The van der Waals surface area contributed by atoms with E-state index in [1.165, 1.54) is 28.6 Å². The van der Waals surface area contributed by atoms with E-state index in [-0.39, 0.29) is 12.4 Å². The van der Waals surface area contributed by atoms with Crippen LogP contribution in [0, 0.1) is 5.82 Å². The summed E-state index contributed by atoms with van der Waals surface area (Å²) in [6, 6.07) is 6.07. The molecule has 2 rings (SSSR count). The van der Waals surface area contributed by atoms with Crippen molar-refractivity contribution >= 4 is 11.8 Å². The van der Waals surface area contributed by atoms with E-state index in [1.54, 1.807) is 19.2 Å². The van der Waals surface area contributed by atoms with Gasteiger partial charge in [-0.3, -0.25) is 0 Å². The number of aliphatic hydroxyl groups excluding tert-OH is 1. The SMILES string of the molecule is Cn1nnnc1SCC(O)COc1ccccc1F. The number of tetrazole rings is 1. The van der Waals surface area contributed by atoms with Gasteiger partial charge in [0.15, 0.2) is 11.6 Å². The molecular formula is C11H13FN4O2S. The van der Waals surface area contributed by atoms with Crippen molar-refractivity contribution in [2.24, 2.45) is 7.05 Å². The molecule has 0 radical (unpaired) electrons. The summed E-state index contributed by atoms with van der Waals surface area (Å²) in [6.45, 7) is 0.0131. The van der Waals surface area contributed by atoms with E-state index in [1.807, 2.05) is 0 Å². The van der Waals surface area contributed by atoms with Crippen LogP contribution in [0.2, 0.25) is 0 Å². The lowest BCUT2D eigenvalue weighted by Gasteiger charge is -2.11. The monoisotopic (exact) mass is 284 g/mol. The molecule has 0 saturated heterocycles. The molecule has 19 heavy (non-hydrogen) atoms. The zero-order chi connectivity index (χ0) is 13.7. The summed E-state index contributed by atoms with van der Waals surface area (Å²) in [5.74, 6) is 0.0505. The summed E-state index contributed by atoms with van der Waals surface area (Å²) in [7, 11) is 1.71. The normalized spacial score (nSPS) is 12.4.